The summed E-state index contributed by atoms with van der Waals surface area (Å²) < 4.78 is 21.7. The van der Waals surface area contributed by atoms with Crippen molar-refractivity contribution in [1.29, 1.82) is 0 Å². The smallest absolute Gasteiger partial charge is 0.254 e. The molecular weight excluding hydrogens is 424 g/mol. The van der Waals surface area contributed by atoms with Crippen LogP contribution in [0.5, 0.6) is 23.0 Å². The summed E-state index contributed by atoms with van der Waals surface area (Å²) >= 11 is 0. The van der Waals surface area contributed by atoms with Crippen LogP contribution in [0, 0.1) is 5.92 Å². The Morgan fingerprint density at radius 1 is 0.939 bits per heavy atom. The second kappa shape index (κ2) is 10.5. The van der Waals surface area contributed by atoms with Gasteiger partial charge in [0.05, 0.1) is 34.4 Å². The van der Waals surface area contributed by atoms with Gasteiger partial charge in [0.25, 0.3) is 5.91 Å². The third-order valence-electron chi connectivity index (χ3n) is 5.81. The molecule has 3 rings (SSSR count). The quantitative estimate of drug-likeness (QED) is 0.657. The van der Waals surface area contributed by atoms with Crippen molar-refractivity contribution >= 4 is 11.8 Å². The second-order valence-corrected chi connectivity index (χ2v) is 8.28. The van der Waals surface area contributed by atoms with Gasteiger partial charge < -0.3 is 29.2 Å². The molecule has 1 fully saturated rings. The van der Waals surface area contributed by atoms with Crippen LogP contribution in [0.3, 0.4) is 0 Å². The van der Waals surface area contributed by atoms with E-state index in [1.807, 2.05) is 26.0 Å². The zero-order chi connectivity index (χ0) is 24.1. The number of hydrogen-bond donors (Lipinski definition) is 1. The van der Waals surface area contributed by atoms with Gasteiger partial charge in [-0.2, -0.15) is 0 Å². The van der Waals surface area contributed by atoms with Crippen molar-refractivity contribution in [3.05, 3.63) is 47.5 Å². The summed E-state index contributed by atoms with van der Waals surface area (Å²) in [6, 6.07) is 10.7. The molecule has 2 aromatic rings. The van der Waals surface area contributed by atoms with Crippen molar-refractivity contribution in [2.24, 2.45) is 5.92 Å². The molecule has 1 saturated heterocycles. The number of nitrogens with zero attached hydrogens (tertiary/aromatic N) is 1. The maximum atomic E-state index is 13.3. The van der Waals surface area contributed by atoms with Crippen LogP contribution in [0.25, 0.3) is 0 Å². The molecule has 2 unspecified atom stereocenters. The number of benzene rings is 2. The topological polar surface area (TPSA) is 86.3 Å². The SMILES string of the molecule is COc1cccc(C(=O)N2CC(C(=O)NC(C)C)C(c3cc(OC)c(OC)c(OC)c3)C2)c1. The summed E-state index contributed by atoms with van der Waals surface area (Å²) in [5, 5.41) is 3.00. The Balaban J connectivity index is 1.99. The fourth-order valence-electron chi connectivity index (χ4n) is 4.22. The highest BCUT2D eigenvalue weighted by Crippen LogP contribution is 2.43. The van der Waals surface area contributed by atoms with Gasteiger partial charge in [0.15, 0.2) is 11.5 Å². The standard InChI is InChI=1S/C25H32N2O6/c1-15(2)26-24(28)20-14-27(25(29)16-8-7-9-18(10-16)30-3)13-19(20)17-11-21(31-4)23(33-6)22(12-17)32-5/h7-12,15,19-20H,13-14H2,1-6H3,(H,26,28). The normalized spacial score (nSPS) is 17.6. The highest BCUT2D eigenvalue weighted by atomic mass is 16.5. The lowest BCUT2D eigenvalue weighted by molar-refractivity contribution is -0.125. The number of ether oxygens (including phenoxy) is 4. The second-order valence-electron chi connectivity index (χ2n) is 8.28. The minimum atomic E-state index is -0.426. The van der Waals surface area contributed by atoms with E-state index in [0.717, 1.165) is 5.56 Å². The molecule has 2 aromatic carbocycles. The summed E-state index contributed by atoms with van der Waals surface area (Å²) in [6.07, 6.45) is 0. The Labute approximate surface area is 194 Å². The minimum absolute atomic E-state index is 0.0128. The van der Waals surface area contributed by atoms with Crippen LogP contribution < -0.4 is 24.3 Å². The van der Waals surface area contributed by atoms with Gasteiger partial charge in [0.2, 0.25) is 11.7 Å². The molecule has 8 nitrogen and oxygen atoms in total. The molecule has 1 aliphatic rings. The summed E-state index contributed by atoms with van der Waals surface area (Å²) in [4.78, 5) is 28.1. The first-order chi connectivity index (χ1) is 15.8. The first-order valence-corrected chi connectivity index (χ1v) is 10.9. The Morgan fingerprint density at radius 3 is 2.15 bits per heavy atom. The summed E-state index contributed by atoms with van der Waals surface area (Å²) in [5.74, 6) is 1.19. The lowest BCUT2D eigenvalue weighted by Crippen LogP contribution is -2.39. The average molecular weight is 457 g/mol. The Kier molecular flexibility index (Phi) is 7.68. The molecule has 2 amide bonds. The Hall–Kier alpha value is -3.42. The number of likely N-dealkylation sites (tertiary alicyclic amines) is 1. The van der Waals surface area contributed by atoms with Crippen LogP contribution in [-0.4, -0.2) is 64.3 Å². The lowest BCUT2D eigenvalue weighted by atomic mass is 9.87. The molecule has 1 heterocycles. The zero-order valence-corrected chi connectivity index (χ0v) is 20.0. The molecule has 0 spiro atoms. The Bertz CT molecular complexity index is 981. The van der Waals surface area contributed by atoms with Crippen LogP contribution >= 0.6 is 0 Å². The number of amides is 2. The van der Waals surface area contributed by atoms with Crippen molar-refractivity contribution in [2.45, 2.75) is 25.8 Å². The van der Waals surface area contributed by atoms with Gasteiger partial charge in [0.1, 0.15) is 5.75 Å². The van der Waals surface area contributed by atoms with Crippen molar-refractivity contribution in [3.8, 4) is 23.0 Å². The molecule has 2 atom stereocenters. The van der Waals surface area contributed by atoms with Crippen molar-refractivity contribution in [1.82, 2.24) is 10.2 Å². The maximum absolute atomic E-state index is 13.3. The van der Waals surface area contributed by atoms with E-state index >= 15 is 0 Å². The van der Waals surface area contributed by atoms with E-state index in [4.69, 9.17) is 18.9 Å². The molecule has 0 aliphatic carbocycles. The van der Waals surface area contributed by atoms with E-state index in [1.54, 1.807) is 57.6 Å². The van der Waals surface area contributed by atoms with E-state index in [2.05, 4.69) is 5.32 Å². The molecule has 1 aliphatic heterocycles. The minimum Gasteiger partial charge on any atom is -0.497 e. The van der Waals surface area contributed by atoms with Crippen LogP contribution in [0.15, 0.2) is 36.4 Å². The van der Waals surface area contributed by atoms with Gasteiger partial charge in [-0.25, -0.2) is 0 Å². The van der Waals surface area contributed by atoms with Crippen molar-refractivity contribution < 1.29 is 28.5 Å². The van der Waals surface area contributed by atoms with Gasteiger partial charge in [-0.3, -0.25) is 9.59 Å². The molecular formula is C25H32N2O6. The van der Waals surface area contributed by atoms with Crippen LogP contribution in [0.2, 0.25) is 0 Å². The average Bonchev–Trinajstić information content (AvgIpc) is 3.27. The van der Waals surface area contributed by atoms with Crippen LogP contribution in [0.1, 0.15) is 35.7 Å². The molecule has 8 heteroatoms. The maximum Gasteiger partial charge on any atom is 0.254 e. The fraction of sp³-hybridized carbons (Fsp3) is 0.440. The van der Waals surface area contributed by atoms with Gasteiger partial charge in [0, 0.05) is 30.6 Å². The van der Waals surface area contributed by atoms with E-state index in [-0.39, 0.29) is 23.8 Å². The monoisotopic (exact) mass is 456 g/mol. The van der Waals surface area contributed by atoms with Gasteiger partial charge >= 0.3 is 0 Å². The summed E-state index contributed by atoms with van der Waals surface area (Å²) in [7, 11) is 6.21. The van der Waals surface area contributed by atoms with Crippen molar-refractivity contribution in [3.63, 3.8) is 0 Å². The Morgan fingerprint density at radius 2 is 1.61 bits per heavy atom. The molecule has 0 radical (unpaired) electrons. The van der Waals surface area contributed by atoms with E-state index in [1.165, 1.54) is 0 Å². The predicted molar refractivity (Wildman–Crippen MR) is 125 cm³/mol. The lowest BCUT2D eigenvalue weighted by Gasteiger charge is -2.21. The van der Waals surface area contributed by atoms with Crippen molar-refractivity contribution in [2.75, 3.05) is 41.5 Å². The fourth-order valence-corrected chi connectivity index (χ4v) is 4.22. The van der Waals surface area contributed by atoms with E-state index in [9.17, 15) is 9.59 Å². The first kappa shape index (κ1) is 24.2. The van der Waals surface area contributed by atoms with Gasteiger partial charge in [-0.05, 0) is 49.7 Å². The summed E-state index contributed by atoms with van der Waals surface area (Å²) in [6.45, 7) is 4.52. The van der Waals surface area contributed by atoms with Gasteiger partial charge in [-0.15, -0.1) is 0 Å². The number of nitrogens with one attached hydrogen (secondary N) is 1. The number of methoxy groups -OCH3 is 4. The molecule has 0 saturated carbocycles. The predicted octanol–water partition coefficient (Wildman–Crippen LogP) is 3.10. The van der Waals surface area contributed by atoms with Crippen LogP contribution in [0.4, 0.5) is 0 Å². The third kappa shape index (κ3) is 5.16. The number of carbonyl (C=O) groups excluding carboxylic acids is 2. The molecule has 0 bridgehead atoms. The highest BCUT2D eigenvalue weighted by molar-refractivity contribution is 5.95. The third-order valence-corrected chi connectivity index (χ3v) is 5.81. The zero-order valence-electron chi connectivity index (χ0n) is 20.0. The van der Waals surface area contributed by atoms with E-state index in [0.29, 0.717) is 41.7 Å². The number of carbonyl (C=O) groups is 2. The van der Waals surface area contributed by atoms with Gasteiger partial charge in [-0.1, -0.05) is 6.07 Å². The number of hydrogen-bond acceptors (Lipinski definition) is 6. The summed E-state index contributed by atoms with van der Waals surface area (Å²) in [5.41, 5.74) is 1.36. The number of rotatable bonds is 8. The molecule has 178 valence electrons. The molecule has 33 heavy (non-hydrogen) atoms. The largest absolute Gasteiger partial charge is 0.497 e. The first-order valence-electron chi connectivity index (χ1n) is 10.9. The molecule has 1 N–H and O–H groups in total. The van der Waals surface area contributed by atoms with Crippen LogP contribution in [-0.2, 0) is 4.79 Å². The molecule has 0 aromatic heterocycles. The van der Waals surface area contributed by atoms with E-state index < -0.39 is 5.92 Å². The highest BCUT2D eigenvalue weighted by Gasteiger charge is 2.41.